The second-order valence-corrected chi connectivity index (χ2v) is 3.76. The Morgan fingerprint density at radius 3 is 2.76 bits per heavy atom. The molecule has 0 saturated carbocycles. The number of rotatable bonds is 6. The Bertz CT molecular complexity index is 415. The van der Waals surface area contributed by atoms with Gasteiger partial charge in [-0.3, -0.25) is 4.79 Å². The minimum atomic E-state index is -1.48. The van der Waals surface area contributed by atoms with Crippen LogP contribution in [0, 0.1) is 0 Å². The molecule has 1 unspecified atom stereocenters. The van der Waals surface area contributed by atoms with Crippen LogP contribution in [0.1, 0.15) is 17.3 Å². The fourth-order valence-electron chi connectivity index (χ4n) is 1.32. The van der Waals surface area contributed by atoms with Gasteiger partial charge in [-0.25, -0.2) is 4.79 Å². The molecule has 5 heteroatoms. The Kier molecular flexibility index (Phi) is 4.23. The third kappa shape index (κ3) is 3.29. The monoisotopic (exact) mass is 238 g/mol. The highest BCUT2D eigenvalue weighted by molar-refractivity contribution is 5.78. The second kappa shape index (κ2) is 5.45. The molecule has 1 atom stereocenters. The molecule has 0 amide bonds. The van der Waals surface area contributed by atoms with Crippen molar-refractivity contribution >= 4 is 12.3 Å². The first-order chi connectivity index (χ1) is 8.01. The van der Waals surface area contributed by atoms with Crippen molar-refractivity contribution in [3.05, 3.63) is 29.8 Å². The van der Waals surface area contributed by atoms with Crippen molar-refractivity contribution < 1.29 is 24.2 Å². The highest BCUT2D eigenvalue weighted by Crippen LogP contribution is 2.20. The maximum Gasteiger partial charge on any atom is 0.350 e. The number of aldehydes is 1. The number of carboxylic acids is 1. The number of benzene rings is 1. The summed E-state index contributed by atoms with van der Waals surface area (Å²) in [7, 11) is 1.40. The standard InChI is InChI=1S/C12H14O5/c1-12(8-16-2,11(14)15)17-10-5-3-4-9(6-10)7-13/h3-7H,8H2,1-2H3,(H,14,15). The van der Waals surface area contributed by atoms with Gasteiger partial charge in [0, 0.05) is 12.7 Å². The Hall–Kier alpha value is -1.88. The largest absolute Gasteiger partial charge is 0.478 e. The van der Waals surface area contributed by atoms with E-state index in [1.54, 1.807) is 18.2 Å². The predicted octanol–water partition coefficient (Wildman–Crippen LogP) is 1.37. The zero-order valence-corrected chi connectivity index (χ0v) is 9.67. The van der Waals surface area contributed by atoms with Gasteiger partial charge in [-0.2, -0.15) is 0 Å². The lowest BCUT2D eigenvalue weighted by Gasteiger charge is -2.25. The normalized spacial score (nSPS) is 13.8. The Morgan fingerprint density at radius 2 is 2.24 bits per heavy atom. The van der Waals surface area contributed by atoms with Crippen molar-refractivity contribution in [2.45, 2.75) is 12.5 Å². The van der Waals surface area contributed by atoms with E-state index >= 15 is 0 Å². The molecule has 0 bridgehead atoms. The van der Waals surface area contributed by atoms with Gasteiger partial charge in [0.15, 0.2) is 0 Å². The molecule has 0 aromatic heterocycles. The van der Waals surface area contributed by atoms with E-state index in [1.807, 2.05) is 0 Å². The molecule has 0 radical (unpaired) electrons. The van der Waals surface area contributed by atoms with Crippen molar-refractivity contribution in [2.75, 3.05) is 13.7 Å². The molecule has 0 saturated heterocycles. The van der Waals surface area contributed by atoms with E-state index in [9.17, 15) is 9.59 Å². The Balaban J connectivity index is 2.93. The first-order valence-electron chi connectivity index (χ1n) is 4.98. The fraction of sp³-hybridized carbons (Fsp3) is 0.333. The summed E-state index contributed by atoms with van der Waals surface area (Å²) in [6.07, 6.45) is 0.668. The van der Waals surface area contributed by atoms with Crippen LogP contribution >= 0.6 is 0 Å². The van der Waals surface area contributed by atoms with Gasteiger partial charge in [0.2, 0.25) is 5.60 Å². The van der Waals surface area contributed by atoms with Gasteiger partial charge in [-0.05, 0) is 19.1 Å². The molecule has 0 aliphatic heterocycles. The van der Waals surface area contributed by atoms with Gasteiger partial charge < -0.3 is 14.6 Å². The predicted molar refractivity (Wildman–Crippen MR) is 60.4 cm³/mol. The molecule has 1 N–H and O–H groups in total. The quantitative estimate of drug-likeness (QED) is 0.758. The maximum absolute atomic E-state index is 11.1. The lowest BCUT2D eigenvalue weighted by Crippen LogP contribution is -2.45. The number of aliphatic carboxylic acids is 1. The summed E-state index contributed by atoms with van der Waals surface area (Å²) in [4.78, 5) is 21.7. The van der Waals surface area contributed by atoms with Crippen molar-refractivity contribution in [1.29, 1.82) is 0 Å². The summed E-state index contributed by atoms with van der Waals surface area (Å²) < 4.78 is 10.2. The first-order valence-corrected chi connectivity index (χ1v) is 4.98. The average Bonchev–Trinajstić information content (AvgIpc) is 2.29. The number of carbonyl (C=O) groups excluding carboxylic acids is 1. The van der Waals surface area contributed by atoms with Crippen LogP contribution in [-0.2, 0) is 9.53 Å². The molecule has 1 aromatic rings. The molecule has 5 nitrogen and oxygen atoms in total. The maximum atomic E-state index is 11.1. The summed E-state index contributed by atoms with van der Waals surface area (Å²) >= 11 is 0. The van der Waals surface area contributed by atoms with E-state index in [4.69, 9.17) is 14.6 Å². The SMILES string of the molecule is COCC(C)(Oc1cccc(C=O)c1)C(=O)O. The second-order valence-electron chi connectivity index (χ2n) is 3.76. The van der Waals surface area contributed by atoms with Crippen LogP contribution in [0.25, 0.3) is 0 Å². The molecule has 1 rings (SSSR count). The van der Waals surface area contributed by atoms with E-state index in [0.29, 0.717) is 17.6 Å². The summed E-state index contributed by atoms with van der Waals surface area (Å²) in [5.74, 6) is -0.813. The number of ether oxygens (including phenoxy) is 2. The first kappa shape index (κ1) is 13.2. The van der Waals surface area contributed by atoms with Crippen LogP contribution in [0.2, 0.25) is 0 Å². The molecular weight excluding hydrogens is 224 g/mol. The fourth-order valence-corrected chi connectivity index (χ4v) is 1.32. The van der Waals surface area contributed by atoms with Crippen molar-refractivity contribution in [1.82, 2.24) is 0 Å². The molecular formula is C12H14O5. The minimum Gasteiger partial charge on any atom is -0.478 e. The lowest BCUT2D eigenvalue weighted by atomic mass is 10.1. The number of carbonyl (C=O) groups is 2. The van der Waals surface area contributed by atoms with E-state index in [2.05, 4.69) is 0 Å². The van der Waals surface area contributed by atoms with Crippen LogP contribution in [0.3, 0.4) is 0 Å². The molecule has 1 aromatic carbocycles. The Labute approximate surface area is 99.0 Å². The molecule has 0 spiro atoms. The number of methoxy groups -OCH3 is 1. The van der Waals surface area contributed by atoms with Gasteiger partial charge in [0.05, 0.1) is 6.61 Å². The third-order valence-electron chi connectivity index (χ3n) is 2.21. The van der Waals surface area contributed by atoms with Gasteiger partial charge >= 0.3 is 5.97 Å². The zero-order valence-electron chi connectivity index (χ0n) is 9.67. The average molecular weight is 238 g/mol. The minimum absolute atomic E-state index is 0.0896. The van der Waals surface area contributed by atoms with Crippen LogP contribution in [0.15, 0.2) is 24.3 Å². The summed E-state index contributed by atoms with van der Waals surface area (Å²) in [6.45, 7) is 1.32. The summed E-state index contributed by atoms with van der Waals surface area (Å²) in [6, 6.07) is 6.29. The summed E-state index contributed by atoms with van der Waals surface area (Å²) in [5, 5.41) is 9.08. The van der Waals surface area contributed by atoms with Crippen LogP contribution in [0.4, 0.5) is 0 Å². The highest BCUT2D eigenvalue weighted by Gasteiger charge is 2.35. The number of hydrogen-bond donors (Lipinski definition) is 1. The zero-order chi connectivity index (χ0) is 12.9. The van der Waals surface area contributed by atoms with Crippen molar-refractivity contribution in [3.8, 4) is 5.75 Å². The van der Waals surface area contributed by atoms with Crippen LogP contribution in [0.5, 0.6) is 5.75 Å². The van der Waals surface area contributed by atoms with Crippen molar-refractivity contribution in [3.63, 3.8) is 0 Å². The Morgan fingerprint density at radius 1 is 1.53 bits per heavy atom. The topological polar surface area (TPSA) is 72.8 Å². The third-order valence-corrected chi connectivity index (χ3v) is 2.21. The van der Waals surface area contributed by atoms with Crippen molar-refractivity contribution in [2.24, 2.45) is 0 Å². The number of carboxylic acid groups (broad SMARTS) is 1. The molecule has 0 aliphatic rings. The van der Waals surface area contributed by atoms with E-state index in [1.165, 1.54) is 20.1 Å². The van der Waals surface area contributed by atoms with E-state index in [0.717, 1.165) is 0 Å². The van der Waals surface area contributed by atoms with Gasteiger partial charge in [-0.1, -0.05) is 12.1 Å². The van der Waals surface area contributed by atoms with Gasteiger partial charge in [-0.15, -0.1) is 0 Å². The highest BCUT2D eigenvalue weighted by atomic mass is 16.6. The van der Waals surface area contributed by atoms with Gasteiger partial charge in [0.25, 0.3) is 0 Å². The number of hydrogen-bond acceptors (Lipinski definition) is 4. The van der Waals surface area contributed by atoms with Gasteiger partial charge in [0.1, 0.15) is 12.0 Å². The van der Waals surface area contributed by atoms with E-state index in [-0.39, 0.29) is 6.61 Å². The van der Waals surface area contributed by atoms with Crippen LogP contribution in [-0.4, -0.2) is 36.7 Å². The molecule has 0 fully saturated rings. The smallest absolute Gasteiger partial charge is 0.350 e. The lowest BCUT2D eigenvalue weighted by molar-refractivity contribution is -0.158. The molecule has 0 heterocycles. The molecule has 92 valence electrons. The molecule has 17 heavy (non-hydrogen) atoms. The van der Waals surface area contributed by atoms with E-state index < -0.39 is 11.6 Å². The summed E-state index contributed by atoms with van der Waals surface area (Å²) in [5.41, 5.74) is -1.05. The molecule has 0 aliphatic carbocycles. The van der Waals surface area contributed by atoms with Crippen LogP contribution < -0.4 is 4.74 Å².